The summed E-state index contributed by atoms with van der Waals surface area (Å²) in [5, 5.41) is 11.5. The Morgan fingerprint density at radius 2 is 1.76 bits per heavy atom. The molecule has 2 aliphatic rings. The maximum atomic E-state index is 13.5. The number of halogens is 2. The molecule has 1 N–H and O–H groups in total. The van der Waals surface area contributed by atoms with Crippen LogP contribution in [0.4, 0.5) is 0 Å². The third-order valence-corrected chi connectivity index (χ3v) is 6.92. The molecule has 2 heterocycles. The molecule has 0 aliphatic carbocycles. The van der Waals surface area contributed by atoms with Crippen LogP contribution in [-0.4, -0.2) is 46.0 Å². The zero-order valence-electron chi connectivity index (χ0n) is 16.5. The summed E-state index contributed by atoms with van der Waals surface area (Å²) in [7, 11) is 0. The number of piperidine rings is 1. The number of fused-ring (bicyclic) bond motifs is 1. The predicted octanol–water partition coefficient (Wildman–Crippen LogP) is 4.65. The molecule has 2 aromatic carbocycles. The number of amides is 1. The molecule has 4 rings (SSSR count). The lowest BCUT2D eigenvalue weighted by Gasteiger charge is -2.44. The number of aliphatic hydroxyl groups excluding tert-OH is 1. The summed E-state index contributed by atoms with van der Waals surface area (Å²) in [6, 6.07) is 15.9. The second-order valence-electron chi connectivity index (χ2n) is 8.26. The molecule has 0 aromatic heterocycles. The van der Waals surface area contributed by atoms with Crippen LogP contribution in [0.25, 0.3) is 0 Å². The molecule has 0 spiro atoms. The van der Waals surface area contributed by atoms with Crippen LogP contribution in [0.1, 0.15) is 36.9 Å². The van der Waals surface area contributed by atoms with E-state index in [0.29, 0.717) is 30.6 Å². The van der Waals surface area contributed by atoms with Gasteiger partial charge in [-0.1, -0.05) is 58.7 Å². The van der Waals surface area contributed by atoms with Gasteiger partial charge in [0.05, 0.1) is 12.1 Å². The number of rotatable bonds is 3. The van der Waals surface area contributed by atoms with Gasteiger partial charge in [0.15, 0.2) is 0 Å². The van der Waals surface area contributed by atoms with Gasteiger partial charge in [-0.25, -0.2) is 0 Å². The van der Waals surface area contributed by atoms with E-state index in [4.69, 9.17) is 11.6 Å². The zero-order chi connectivity index (χ0) is 20.5. The summed E-state index contributed by atoms with van der Waals surface area (Å²) < 4.78 is 1.04. The lowest BCUT2D eigenvalue weighted by Crippen LogP contribution is -2.51. The number of carbonyl (C=O) groups excluding carboxylic acids is 1. The van der Waals surface area contributed by atoms with E-state index in [1.165, 1.54) is 5.56 Å². The Hall–Kier alpha value is -1.40. The van der Waals surface area contributed by atoms with Crippen molar-refractivity contribution in [3.63, 3.8) is 0 Å². The Bertz CT molecular complexity index is 858. The van der Waals surface area contributed by atoms with E-state index in [0.717, 1.165) is 22.9 Å². The SMILES string of the molecule is C[C@@H]1CC[C@H]2C(=O)N(Cc3ccc(Cl)cc3)C[C@@H](O)CN2[C@@H]1c1ccc(Br)cc1. The van der Waals surface area contributed by atoms with Crippen LogP contribution in [0.3, 0.4) is 0 Å². The molecule has 4 nitrogen and oxygen atoms in total. The number of aliphatic hydroxyl groups is 1. The van der Waals surface area contributed by atoms with Crippen molar-refractivity contribution in [1.29, 1.82) is 0 Å². The van der Waals surface area contributed by atoms with Gasteiger partial charge in [0.2, 0.25) is 5.91 Å². The molecule has 2 aromatic rings. The Labute approximate surface area is 185 Å². The average molecular weight is 478 g/mol. The number of hydrogen-bond acceptors (Lipinski definition) is 3. The van der Waals surface area contributed by atoms with Crippen molar-refractivity contribution >= 4 is 33.4 Å². The topological polar surface area (TPSA) is 43.8 Å². The minimum atomic E-state index is -0.570. The standard InChI is InChI=1S/C23H26BrClN2O2/c1-15-2-11-21-23(29)26(12-16-3-9-19(25)10-4-16)13-20(28)14-27(21)22(15)17-5-7-18(24)8-6-17/h3-10,15,20-22,28H,2,11-14H2,1H3/t15-,20-,21+,22+/m1/s1. The van der Waals surface area contributed by atoms with E-state index in [1.54, 1.807) is 0 Å². The summed E-state index contributed by atoms with van der Waals surface area (Å²) in [6.45, 7) is 3.61. The Morgan fingerprint density at radius 3 is 2.45 bits per heavy atom. The maximum absolute atomic E-state index is 13.5. The number of benzene rings is 2. The van der Waals surface area contributed by atoms with Gasteiger partial charge in [-0.2, -0.15) is 0 Å². The highest BCUT2D eigenvalue weighted by Crippen LogP contribution is 2.40. The maximum Gasteiger partial charge on any atom is 0.240 e. The number of carbonyl (C=O) groups is 1. The van der Waals surface area contributed by atoms with E-state index < -0.39 is 6.10 Å². The van der Waals surface area contributed by atoms with E-state index in [2.05, 4.69) is 52.0 Å². The molecule has 154 valence electrons. The molecule has 2 aliphatic heterocycles. The van der Waals surface area contributed by atoms with E-state index in [1.807, 2.05) is 29.2 Å². The van der Waals surface area contributed by atoms with Crippen molar-refractivity contribution < 1.29 is 9.90 Å². The van der Waals surface area contributed by atoms with Crippen LogP contribution in [-0.2, 0) is 11.3 Å². The summed E-state index contributed by atoms with van der Waals surface area (Å²) in [6.07, 6.45) is 1.26. The zero-order valence-corrected chi connectivity index (χ0v) is 18.8. The molecule has 0 bridgehead atoms. The molecule has 29 heavy (non-hydrogen) atoms. The second-order valence-corrected chi connectivity index (χ2v) is 9.61. The molecule has 0 unspecified atom stereocenters. The molecule has 6 heteroatoms. The number of hydrogen-bond donors (Lipinski definition) is 1. The summed E-state index contributed by atoms with van der Waals surface area (Å²) >= 11 is 9.50. The number of nitrogens with zero attached hydrogens (tertiary/aromatic N) is 2. The van der Waals surface area contributed by atoms with Crippen molar-refractivity contribution in [3.05, 3.63) is 69.2 Å². The van der Waals surface area contributed by atoms with Crippen molar-refractivity contribution in [3.8, 4) is 0 Å². The molecule has 0 saturated carbocycles. The van der Waals surface area contributed by atoms with Crippen LogP contribution in [0, 0.1) is 5.92 Å². The normalized spacial score (nSPS) is 28.1. The molecule has 0 radical (unpaired) electrons. The average Bonchev–Trinajstić information content (AvgIpc) is 2.81. The Kier molecular flexibility index (Phi) is 6.30. The van der Waals surface area contributed by atoms with Gasteiger partial charge in [0.25, 0.3) is 0 Å². The van der Waals surface area contributed by atoms with Gasteiger partial charge in [-0.15, -0.1) is 0 Å². The molecule has 2 saturated heterocycles. The van der Waals surface area contributed by atoms with Gasteiger partial charge in [-0.05, 0) is 54.2 Å². The first-order valence-corrected chi connectivity index (χ1v) is 11.3. The monoisotopic (exact) mass is 476 g/mol. The first kappa shape index (κ1) is 20.9. The van der Waals surface area contributed by atoms with Crippen LogP contribution >= 0.6 is 27.5 Å². The Morgan fingerprint density at radius 1 is 1.07 bits per heavy atom. The van der Waals surface area contributed by atoms with Crippen molar-refractivity contribution in [2.24, 2.45) is 5.92 Å². The van der Waals surface area contributed by atoms with E-state index in [9.17, 15) is 9.90 Å². The fraction of sp³-hybridized carbons (Fsp3) is 0.435. The van der Waals surface area contributed by atoms with Crippen molar-refractivity contribution in [1.82, 2.24) is 9.80 Å². The largest absolute Gasteiger partial charge is 0.390 e. The lowest BCUT2D eigenvalue weighted by molar-refractivity contribution is -0.139. The first-order chi connectivity index (χ1) is 13.9. The minimum Gasteiger partial charge on any atom is -0.390 e. The summed E-state index contributed by atoms with van der Waals surface area (Å²) in [5.74, 6) is 0.542. The number of β-amino-alcohol motifs (C(OH)–C–C–N with tert-alkyl or cyclic N) is 1. The van der Waals surface area contributed by atoms with Crippen LogP contribution in [0.5, 0.6) is 0 Å². The molecular formula is C23H26BrClN2O2. The third kappa shape index (κ3) is 4.53. The molecule has 2 fully saturated rings. The lowest BCUT2D eigenvalue weighted by atomic mass is 9.82. The fourth-order valence-corrected chi connectivity index (χ4v) is 5.15. The highest BCUT2D eigenvalue weighted by molar-refractivity contribution is 9.10. The van der Waals surface area contributed by atoms with E-state index in [-0.39, 0.29) is 18.0 Å². The molecule has 4 atom stereocenters. The third-order valence-electron chi connectivity index (χ3n) is 6.14. The van der Waals surface area contributed by atoms with Crippen LogP contribution < -0.4 is 0 Å². The fourth-order valence-electron chi connectivity index (χ4n) is 4.76. The molecule has 1 amide bonds. The van der Waals surface area contributed by atoms with Crippen molar-refractivity contribution in [2.75, 3.05) is 13.1 Å². The van der Waals surface area contributed by atoms with Gasteiger partial charge in [0.1, 0.15) is 0 Å². The van der Waals surface area contributed by atoms with Crippen molar-refractivity contribution in [2.45, 2.75) is 44.5 Å². The highest BCUT2D eigenvalue weighted by Gasteiger charge is 2.44. The van der Waals surface area contributed by atoms with E-state index >= 15 is 0 Å². The van der Waals surface area contributed by atoms with Gasteiger partial charge in [0, 0.05) is 35.2 Å². The summed E-state index contributed by atoms with van der Waals surface area (Å²) in [4.78, 5) is 17.5. The van der Waals surface area contributed by atoms with Crippen LogP contribution in [0.15, 0.2) is 53.0 Å². The second kappa shape index (κ2) is 8.76. The smallest absolute Gasteiger partial charge is 0.240 e. The Balaban J connectivity index is 1.60. The van der Waals surface area contributed by atoms with Gasteiger partial charge in [-0.3, -0.25) is 9.69 Å². The predicted molar refractivity (Wildman–Crippen MR) is 119 cm³/mol. The first-order valence-electron chi connectivity index (χ1n) is 10.1. The highest BCUT2D eigenvalue weighted by atomic mass is 79.9. The molecular weight excluding hydrogens is 452 g/mol. The quantitative estimate of drug-likeness (QED) is 0.700. The minimum absolute atomic E-state index is 0.116. The van der Waals surface area contributed by atoms with Crippen LogP contribution in [0.2, 0.25) is 5.02 Å². The van der Waals surface area contributed by atoms with Gasteiger partial charge >= 0.3 is 0 Å². The summed E-state index contributed by atoms with van der Waals surface area (Å²) in [5.41, 5.74) is 2.23. The van der Waals surface area contributed by atoms with Gasteiger partial charge < -0.3 is 10.0 Å².